The summed E-state index contributed by atoms with van der Waals surface area (Å²) < 4.78 is 10.1. The van der Waals surface area contributed by atoms with Crippen LogP contribution in [0.3, 0.4) is 0 Å². The minimum atomic E-state index is 0.240. The Hall–Kier alpha value is -2.21. The predicted octanol–water partition coefficient (Wildman–Crippen LogP) is 2.20. The van der Waals surface area contributed by atoms with Gasteiger partial charge in [-0.3, -0.25) is 5.43 Å². The van der Waals surface area contributed by atoms with Crippen molar-refractivity contribution in [2.45, 2.75) is 0 Å². The zero-order valence-electron chi connectivity index (χ0n) is 8.74. The van der Waals surface area contributed by atoms with E-state index in [1.807, 2.05) is 0 Å². The van der Waals surface area contributed by atoms with Gasteiger partial charge in [-0.1, -0.05) is 0 Å². The highest BCUT2D eigenvalue weighted by Crippen LogP contribution is 1.96. The van der Waals surface area contributed by atoms with Gasteiger partial charge in [0.25, 0.3) is 0 Å². The molecule has 6 heteroatoms. The van der Waals surface area contributed by atoms with Crippen LogP contribution in [0.2, 0.25) is 0 Å². The number of furan rings is 2. The molecule has 0 saturated heterocycles. The fourth-order valence-electron chi connectivity index (χ4n) is 1.03. The molecule has 0 aromatic carbocycles. The quantitative estimate of drug-likeness (QED) is 0.513. The minimum absolute atomic E-state index is 0.240. The molecule has 1 N–H and O–H groups in total. The zero-order valence-corrected chi connectivity index (χ0v) is 9.55. The van der Waals surface area contributed by atoms with Gasteiger partial charge in [-0.25, -0.2) is 4.99 Å². The summed E-state index contributed by atoms with van der Waals surface area (Å²) in [6.45, 7) is 0. The molecule has 0 amide bonds. The van der Waals surface area contributed by atoms with Crippen LogP contribution >= 0.6 is 12.2 Å². The molecule has 2 heterocycles. The van der Waals surface area contributed by atoms with Gasteiger partial charge in [-0.15, -0.1) is 0 Å². The van der Waals surface area contributed by atoms with Gasteiger partial charge in [0.2, 0.25) is 5.11 Å². The molecule has 0 fully saturated rings. The van der Waals surface area contributed by atoms with Crippen molar-refractivity contribution < 1.29 is 8.83 Å². The standard InChI is InChI=1S/C11H9N3O2S/c17-11(12-7-9-3-1-5-15-9)14-13-8-10-4-2-6-16-10/h1-8H,(H,14,17). The second-order valence-corrected chi connectivity index (χ2v) is 3.35. The average Bonchev–Trinajstić information content (AvgIpc) is 2.99. The van der Waals surface area contributed by atoms with Crippen molar-refractivity contribution in [3.63, 3.8) is 0 Å². The van der Waals surface area contributed by atoms with Gasteiger partial charge in [0, 0.05) is 0 Å². The van der Waals surface area contributed by atoms with Crippen LogP contribution in [0.15, 0.2) is 55.7 Å². The lowest BCUT2D eigenvalue weighted by Gasteiger charge is -1.93. The van der Waals surface area contributed by atoms with E-state index in [9.17, 15) is 0 Å². The summed E-state index contributed by atoms with van der Waals surface area (Å²) in [6.07, 6.45) is 6.15. The van der Waals surface area contributed by atoms with Crippen LogP contribution in [-0.2, 0) is 0 Å². The second kappa shape index (κ2) is 5.76. The van der Waals surface area contributed by atoms with Gasteiger partial charge in [-0.05, 0) is 36.5 Å². The molecule has 2 aromatic heterocycles. The fourth-order valence-corrected chi connectivity index (χ4v) is 1.14. The number of nitrogens with zero attached hydrogens (tertiary/aromatic N) is 2. The van der Waals surface area contributed by atoms with Crippen LogP contribution < -0.4 is 5.43 Å². The molecule has 17 heavy (non-hydrogen) atoms. The van der Waals surface area contributed by atoms with Crippen LogP contribution in [0.1, 0.15) is 11.5 Å². The van der Waals surface area contributed by atoms with E-state index < -0.39 is 0 Å². The molecule has 0 unspecified atom stereocenters. The van der Waals surface area contributed by atoms with Crippen LogP contribution in [0.5, 0.6) is 0 Å². The molecule has 86 valence electrons. The van der Waals surface area contributed by atoms with Gasteiger partial charge in [0.15, 0.2) is 0 Å². The zero-order chi connectivity index (χ0) is 11.9. The summed E-state index contributed by atoms with van der Waals surface area (Å²) in [5.41, 5.74) is 2.58. The Labute approximate surface area is 103 Å². The van der Waals surface area contributed by atoms with Crippen molar-refractivity contribution >= 4 is 29.8 Å². The van der Waals surface area contributed by atoms with Gasteiger partial charge in [-0.2, -0.15) is 5.10 Å². The first-order chi connectivity index (χ1) is 8.34. The smallest absolute Gasteiger partial charge is 0.213 e. The number of rotatable bonds is 3. The largest absolute Gasteiger partial charge is 0.463 e. The normalized spacial score (nSPS) is 11.3. The van der Waals surface area contributed by atoms with Crippen molar-refractivity contribution in [1.82, 2.24) is 5.43 Å². The van der Waals surface area contributed by atoms with Crippen LogP contribution in [0, 0.1) is 0 Å². The topological polar surface area (TPSA) is 63.0 Å². The first-order valence-electron chi connectivity index (χ1n) is 4.79. The van der Waals surface area contributed by atoms with E-state index in [-0.39, 0.29) is 5.11 Å². The molecule has 2 rings (SSSR count). The van der Waals surface area contributed by atoms with Crippen LogP contribution in [0.25, 0.3) is 0 Å². The third-order valence-corrected chi connectivity index (χ3v) is 1.94. The maximum atomic E-state index is 5.06. The number of thiocarbonyl (C=S) groups is 1. The summed E-state index contributed by atoms with van der Waals surface area (Å²) in [4.78, 5) is 3.94. The lowest BCUT2D eigenvalue weighted by atomic mass is 10.5. The Morgan fingerprint density at radius 2 is 1.76 bits per heavy atom. The van der Waals surface area contributed by atoms with E-state index in [1.54, 1.807) is 36.8 Å². The molecule has 0 aliphatic carbocycles. The van der Waals surface area contributed by atoms with Crippen LogP contribution in [-0.4, -0.2) is 17.5 Å². The van der Waals surface area contributed by atoms with E-state index in [1.165, 1.54) is 12.4 Å². The maximum Gasteiger partial charge on any atom is 0.213 e. The predicted molar refractivity (Wildman–Crippen MR) is 68.3 cm³/mol. The highest BCUT2D eigenvalue weighted by atomic mass is 32.1. The molecule has 0 spiro atoms. The Kier molecular flexibility index (Phi) is 3.82. The molecule has 0 aliphatic rings. The SMILES string of the molecule is S=C(N=Cc1ccco1)NN=Cc1ccco1. The third-order valence-electron chi connectivity index (χ3n) is 1.75. The van der Waals surface area contributed by atoms with Gasteiger partial charge in [0.1, 0.15) is 11.5 Å². The summed E-state index contributed by atoms with van der Waals surface area (Å²) in [5, 5.41) is 4.10. The van der Waals surface area contributed by atoms with E-state index in [4.69, 9.17) is 21.1 Å². The van der Waals surface area contributed by atoms with E-state index in [0.29, 0.717) is 11.5 Å². The second-order valence-electron chi connectivity index (χ2n) is 2.96. The van der Waals surface area contributed by atoms with Crippen LogP contribution in [0.4, 0.5) is 0 Å². The summed E-state index contributed by atoms with van der Waals surface area (Å²) in [5.74, 6) is 1.26. The van der Waals surface area contributed by atoms with Crippen molar-refractivity contribution in [2.75, 3.05) is 0 Å². The Morgan fingerprint density at radius 3 is 2.35 bits per heavy atom. The lowest BCUT2D eigenvalue weighted by Crippen LogP contribution is -2.12. The lowest BCUT2D eigenvalue weighted by molar-refractivity contribution is 0.559. The van der Waals surface area contributed by atoms with Gasteiger partial charge >= 0.3 is 0 Å². The van der Waals surface area contributed by atoms with Crippen molar-refractivity contribution in [1.29, 1.82) is 0 Å². The van der Waals surface area contributed by atoms with Crippen molar-refractivity contribution in [3.8, 4) is 0 Å². The summed E-state index contributed by atoms with van der Waals surface area (Å²) >= 11 is 4.93. The van der Waals surface area contributed by atoms with Gasteiger partial charge in [0.05, 0.1) is 25.0 Å². The number of aliphatic imine (C=N–C) groups is 1. The van der Waals surface area contributed by atoms with Crippen molar-refractivity contribution in [2.24, 2.45) is 10.1 Å². The number of nitrogens with one attached hydrogen (secondary N) is 1. The molecule has 0 aliphatic heterocycles. The molecular formula is C11H9N3O2S. The maximum absolute atomic E-state index is 5.06. The molecule has 2 aromatic rings. The van der Waals surface area contributed by atoms with Crippen molar-refractivity contribution in [3.05, 3.63) is 48.3 Å². The molecule has 0 bridgehead atoms. The molecule has 0 radical (unpaired) electrons. The first kappa shape index (κ1) is 11.3. The molecule has 0 atom stereocenters. The Balaban J connectivity index is 1.82. The third kappa shape index (κ3) is 3.69. The average molecular weight is 247 g/mol. The minimum Gasteiger partial charge on any atom is -0.463 e. The summed E-state index contributed by atoms with van der Waals surface area (Å²) in [7, 11) is 0. The highest BCUT2D eigenvalue weighted by Gasteiger charge is 1.92. The van der Waals surface area contributed by atoms with E-state index in [2.05, 4.69) is 15.5 Å². The fraction of sp³-hybridized carbons (Fsp3) is 0. The van der Waals surface area contributed by atoms with E-state index in [0.717, 1.165) is 0 Å². The Morgan fingerprint density at radius 1 is 1.12 bits per heavy atom. The Bertz CT molecular complexity index is 515. The highest BCUT2D eigenvalue weighted by molar-refractivity contribution is 7.80. The van der Waals surface area contributed by atoms with E-state index >= 15 is 0 Å². The van der Waals surface area contributed by atoms with Gasteiger partial charge < -0.3 is 8.83 Å². The summed E-state index contributed by atoms with van der Waals surface area (Å²) in [6, 6.07) is 7.10. The molecule has 5 nitrogen and oxygen atoms in total. The monoisotopic (exact) mass is 247 g/mol. The molecule has 0 saturated carbocycles. The molecular weight excluding hydrogens is 238 g/mol. The number of hydrogen-bond acceptors (Lipinski definition) is 4. The first-order valence-corrected chi connectivity index (χ1v) is 5.19. The number of hydrogen-bond donors (Lipinski definition) is 1. The number of hydrazone groups is 1.